The van der Waals surface area contributed by atoms with E-state index in [9.17, 15) is 9.59 Å². The van der Waals surface area contributed by atoms with Gasteiger partial charge in [-0.3, -0.25) is 14.9 Å². The smallest absolute Gasteiger partial charge is 0.325 e. The summed E-state index contributed by atoms with van der Waals surface area (Å²) in [7, 11) is 0. The molecule has 0 aliphatic carbocycles. The lowest BCUT2D eigenvalue weighted by atomic mass is 10.3. The topological polar surface area (TPSA) is 58.6 Å². The van der Waals surface area contributed by atoms with Gasteiger partial charge in [0.25, 0.3) is 0 Å². The lowest BCUT2D eigenvalue weighted by molar-refractivity contribution is -0.149. The number of amides is 1. The maximum atomic E-state index is 11.8. The van der Waals surface area contributed by atoms with E-state index in [2.05, 4.69) is 11.2 Å². The number of nitrogens with zero attached hydrogens (tertiary/aromatic N) is 1. The van der Waals surface area contributed by atoms with Crippen LogP contribution in [0.1, 0.15) is 20.8 Å². The second-order valence-electron chi connectivity index (χ2n) is 3.73. The van der Waals surface area contributed by atoms with E-state index in [0.717, 1.165) is 0 Å². The Morgan fingerprint density at radius 2 is 2.12 bits per heavy atom. The van der Waals surface area contributed by atoms with Gasteiger partial charge in [0.05, 0.1) is 19.7 Å². The SMILES string of the molecule is C#CCNCC(=O)N(CC(=O)OCC)C(C)C. The molecule has 1 amide bonds. The molecule has 0 radical (unpaired) electrons. The fourth-order valence-corrected chi connectivity index (χ4v) is 1.25. The van der Waals surface area contributed by atoms with Crippen molar-refractivity contribution in [1.29, 1.82) is 0 Å². The average Bonchev–Trinajstić information content (AvgIpc) is 2.26. The number of terminal acetylenes is 1. The van der Waals surface area contributed by atoms with Gasteiger partial charge < -0.3 is 9.64 Å². The van der Waals surface area contributed by atoms with Gasteiger partial charge in [0.1, 0.15) is 6.54 Å². The van der Waals surface area contributed by atoms with Gasteiger partial charge in [-0.05, 0) is 20.8 Å². The summed E-state index contributed by atoms with van der Waals surface area (Å²) in [5.41, 5.74) is 0. The van der Waals surface area contributed by atoms with E-state index < -0.39 is 5.97 Å². The molecular weight excluding hydrogens is 220 g/mol. The van der Waals surface area contributed by atoms with Crippen molar-refractivity contribution in [2.45, 2.75) is 26.8 Å². The lowest BCUT2D eigenvalue weighted by Crippen LogP contribution is -2.45. The predicted octanol–water partition coefficient (Wildman–Crippen LogP) is 0.00930. The molecule has 0 heterocycles. The van der Waals surface area contributed by atoms with Crippen LogP contribution in [0.5, 0.6) is 0 Å². The zero-order valence-electron chi connectivity index (χ0n) is 10.7. The van der Waals surface area contributed by atoms with E-state index in [-0.39, 0.29) is 25.0 Å². The van der Waals surface area contributed by atoms with Crippen LogP contribution in [0.2, 0.25) is 0 Å². The molecule has 0 fully saturated rings. The highest BCUT2D eigenvalue weighted by Crippen LogP contribution is 1.99. The maximum Gasteiger partial charge on any atom is 0.325 e. The standard InChI is InChI=1S/C12H20N2O3/c1-5-7-13-8-11(15)14(10(3)4)9-12(16)17-6-2/h1,10,13H,6-9H2,2-4H3. The summed E-state index contributed by atoms with van der Waals surface area (Å²) in [6, 6.07) is -0.0560. The van der Waals surface area contributed by atoms with Gasteiger partial charge >= 0.3 is 5.97 Å². The third-order valence-corrected chi connectivity index (χ3v) is 2.05. The second-order valence-corrected chi connectivity index (χ2v) is 3.73. The van der Waals surface area contributed by atoms with Gasteiger partial charge in [-0.1, -0.05) is 5.92 Å². The summed E-state index contributed by atoms with van der Waals surface area (Å²) in [6.45, 7) is 6.17. The Morgan fingerprint density at radius 3 is 2.59 bits per heavy atom. The van der Waals surface area contributed by atoms with Gasteiger partial charge in [-0.25, -0.2) is 0 Å². The Bertz CT molecular complexity index is 295. The van der Waals surface area contributed by atoms with Crippen molar-refractivity contribution in [2.75, 3.05) is 26.2 Å². The molecular formula is C12H20N2O3. The molecule has 0 unspecified atom stereocenters. The molecule has 0 aliphatic heterocycles. The van der Waals surface area contributed by atoms with Crippen LogP contribution >= 0.6 is 0 Å². The third-order valence-electron chi connectivity index (χ3n) is 2.05. The van der Waals surface area contributed by atoms with Crippen LogP contribution in [0.4, 0.5) is 0 Å². The van der Waals surface area contributed by atoms with Gasteiger partial charge in [-0.15, -0.1) is 6.42 Å². The highest BCUT2D eigenvalue weighted by molar-refractivity contribution is 5.83. The number of hydrogen-bond donors (Lipinski definition) is 1. The largest absolute Gasteiger partial charge is 0.465 e. The number of rotatable bonds is 7. The molecule has 0 atom stereocenters. The van der Waals surface area contributed by atoms with Crippen LogP contribution in [0.25, 0.3) is 0 Å². The number of carbonyl (C=O) groups is 2. The first-order chi connectivity index (χ1) is 8.02. The molecule has 0 aromatic rings. The van der Waals surface area contributed by atoms with Crippen molar-refractivity contribution in [3.8, 4) is 12.3 Å². The Hall–Kier alpha value is -1.54. The van der Waals surface area contributed by atoms with Crippen molar-refractivity contribution < 1.29 is 14.3 Å². The highest BCUT2D eigenvalue weighted by Gasteiger charge is 2.19. The molecule has 0 spiro atoms. The van der Waals surface area contributed by atoms with Crippen LogP contribution in [0.15, 0.2) is 0 Å². The van der Waals surface area contributed by atoms with Crippen LogP contribution in [0, 0.1) is 12.3 Å². The van der Waals surface area contributed by atoms with E-state index in [4.69, 9.17) is 11.2 Å². The normalized spacial score (nSPS) is 9.82. The van der Waals surface area contributed by atoms with Crippen LogP contribution in [0.3, 0.4) is 0 Å². The van der Waals surface area contributed by atoms with Crippen LogP contribution < -0.4 is 5.32 Å². The molecule has 0 aliphatic rings. The molecule has 0 saturated heterocycles. The molecule has 5 nitrogen and oxygen atoms in total. The molecule has 0 rings (SSSR count). The second kappa shape index (κ2) is 8.59. The lowest BCUT2D eigenvalue weighted by Gasteiger charge is -2.25. The van der Waals surface area contributed by atoms with Crippen LogP contribution in [-0.4, -0.2) is 49.1 Å². The minimum absolute atomic E-state index is 0.0257. The maximum absolute atomic E-state index is 11.8. The summed E-state index contributed by atoms with van der Waals surface area (Å²) in [6.07, 6.45) is 5.06. The Balaban J connectivity index is 4.27. The summed E-state index contributed by atoms with van der Waals surface area (Å²) < 4.78 is 4.81. The quantitative estimate of drug-likeness (QED) is 0.387. The summed E-state index contributed by atoms with van der Waals surface area (Å²) in [5.74, 6) is 1.82. The zero-order chi connectivity index (χ0) is 13.3. The molecule has 1 N–H and O–H groups in total. The van der Waals surface area contributed by atoms with Crippen molar-refractivity contribution in [3.05, 3.63) is 0 Å². The minimum atomic E-state index is -0.397. The van der Waals surface area contributed by atoms with E-state index >= 15 is 0 Å². The number of carbonyl (C=O) groups excluding carboxylic acids is 2. The number of hydrogen-bond acceptors (Lipinski definition) is 4. The highest BCUT2D eigenvalue weighted by atomic mass is 16.5. The minimum Gasteiger partial charge on any atom is -0.465 e. The third kappa shape index (κ3) is 6.59. The summed E-state index contributed by atoms with van der Waals surface area (Å²) >= 11 is 0. The summed E-state index contributed by atoms with van der Waals surface area (Å²) in [5, 5.41) is 2.80. The van der Waals surface area contributed by atoms with Crippen molar-refractivity contribution in [2.24, 2.45) is 0 Å². The zero-order valence-corrected chi connectivity index (χ0v) is 10.7. The predicted molar refractivity (Wildman–Crippen MR) is 65.2 cm³/mol. The first-order valence-electron chi connectivity index (χ1n) is 5.62. The molecule has 0 saturated carbocycles. The van der Waals surface area contributed by atoms with Crippen LogP contribution in [-0.2, 0) is 14.3 Å². The number of ether oxygens (including phenoxy) is 1. The van der Waals surface area contributed by atoms with Gasteiger partial charge in [0.15, 0.2) is 0 Å². The molecule has 0 aromatic carbocycles. The molecule has 5 heteroatoms. The van der Waals surface area contributed by atoms with Crippen molar-refractivity contribution in [1.82, 2.24) is 10.2 Å². The van der Waals surface area contributed by atoms with E-state index in [1.165, 1.54) is 4.90 Å². The van der Waals surface area contributed by atoms with Crippen molar-refractivity contribution in [3.63, 3.8) is 0 Å². The monoisotopic (exact) mass is 240 g/mol. The Morgan fingerprint density at radius 1 is 1.47 bits per heavy atom. The first kappa shape index (κ1) is 15.5. The first-order valence-corrected chi connectivity index (χ1v) is 5.62. The fourth-order valence-electron chi connectivity index (χ4n) is 1.25. The number of nitrogens with one attached hydrogen (secondary N) is 1. The van der Waals surface area contributed by atoms with Gasteiger partial charge in [-0.2, -0.15) is 0 Å². The molecule has 96 valence electrons. The van der Waals surface area contributed by atoms with Gasteiger partial charge in [0, 0.05) is 6.04 Å². The molecule has 0 bridgehead atoms. The summed E-state index contributed by atoms with van der Waals surface area (Å²) in [4.78, 5) is 24.6. The number of esters is 1. The molecule has 0 aromatic heterocycles. The molecule has 17 heavy (non-hydrogen) atoms. The Kier molecular flexibility index (Phi) is 7.82. The fraction of sp³-hybridized carbons (Fsp3) is 0.667. The van der Waals surface area contributed by atoms with Gasteiger partial charge in [0.2, 0.25) is 5.91 Å². The Labute approximate surface area is 102 Å². The van der Waals surface area contributed by atoms with E-state index in [1.54, 1.807) is 6.92 Å². The van der Waals surface area contributed by atoms with Crippen molar-refractivity contribution >= 4 is 11.9 Å². The van der Waals surface area contributed by atoms with E-state index in [0.29, 0.717) is 13.2 Å². The van der Waals surface area contributed by atoms with E-state index in [1.807, 2.05) is 13.8 Å². The average molecular weight is 240 g/mol.